The van der Waals surface area contributed by atoms with Crippen molar-refractivity contribution in [2.75, 3.05) is 31.1 Å². The van der Waals surface area contributed by atoms with Gasteiger partial charge in [-0.05, 0) is 60.5 Å². The summed E-state index contributed by atoms with van der Waals surface area (Å²) < 4.78 is 13.3. The second kappa shape index (κ2) is 9.30. The molecule has 1 atom stereocenters. The summed E-state index contributed by atoms with van der Waals surface area (Å²) in [6.07, 6.45) is 1.54. The number of nitrogens with one attached hydrogen (secondary N) is 2. The van der Waals surface area contributed by atoms with Gasteiger partial charge in [0, 0.05) is 36.9 Å². The number of amides is 2. The summed E-state index contributed by atoms with van der Waals surface area (Å²) in [5.74, 6) is 0.550. The van der Waals surface area contributed by atoms with Gasteiger partial charge >= 0.3 is 6.03 Å². The quantitative estimate of drug-likeness (QED) is 0.432. The van der Waals surface area contributed by atoms with E-state index in [0.29, 0.717) is 31.2 Å². The molecule has 0 saturated carbocycles. The summed E-state index contributed by atoms with van der Waals surface area (Å²) in [7, 11) is 0. The van der Waals surface area contributed by atoms with Crippen LogP contribution in [0.3, 0.4) is 0 Å². The van der Waals surface area contributed by atoms with Crippen LogP contribution in [0.15, 0.2) is 60.9 Å². The van der Waals surface area contributed by atoms with Crippen molar-refractivity contribution in [1.82, 2.24) is 25.2 Å². The Labute approximate surface area is 201 Å². The number of aromatic nitrogens is 3. The molecule has 0 bridgehead atoms. The number of carbonyl (C=O) groups excluding carboxylic acids is 1. The highest BCUT2D eigenvalue weighted by molar-refractivity contribution is 6.30. The summed E-state index contributed by atoms with van der Waals surface area (Å²) in [5, 5.41) is 4.63. The van der Waals surface area contributed by atoms with E-state index in [-0.39, 0.29) is 17.9 Å². The van der Waals surface area contributed by atoms with Crippen molar-refractivity contribution in [1.29, 1.82) is 0 Å². The molecule has 174 valence electrons. The molecule has 2 aromatic carbocycles. The van der Waals surface area contributed by atoms with Gasteiger partial charge in [-0.1, -0.05) is 23.7 Å². The largest absolute Gasteiger partial charge is 0.352 e. The Morgan fingerprint density at radius 1 is 1.06 bits per heavy atom. The number of nitrogens with zero attached hydrogens (tertiary/aromatic N) is 4. The molecule has 0 aliphatic carbocycles. The highest BCUT2D eigenvalue weighted by Crippen LogP contribution is 2.29. The number of H-pyrrole nitrogens is 1. The Bertz CT molecular complexity index is 1300. The van der Waals surface area contributed by atoms with Crippen molar-refractivity contribution in [2.24, 2.45) is 0 Å². The molecule has 2 amide bonds. The Kier molecular flexibility index (Phi) is 6.06. The Hall–Kier alpha value is -3.65. The van der Waals surface area contributed by atoms with E-state index in [4.69, 9.17) is 11.6 Å². The van der Waals surface area contributed by atoms with Gasteiger partial charge in [-0.25, -0.2) is 19.2 Å². The lowest BCUT2D eigenvalue weighted by atomic mass is 10.1. The number of hydrogen-bond donors (Lipinski definition) is 2. The van der Waals surface area contributed by atoms with E-state index in [0.717, 1.165) is 33.7 Å². The molecule has 5 rings (SSSR count). The van der Waals surface area contributed by atoms with Gasteiger partial charge in [-0.15, -0.1) is 0 Å². The summed E-state index contributed by atoms with van der Waals surface area (Å²) in [6, 6.07) is 15.6. The third kappa shape index (κ3) is 4.54. The van der Waals surface area contributed by atoms with E-state index in [1.807, 2.05) is 42.2 Å². The normalized spacial score (nSPS) is 14.9. The fourth-order valence-electron chi connectivity index (χ4n) is 4.20. The van der Waals surface area contributed by atoms with Gasteiger partial charge in [0.1, 0.15) is 23.6 Å². The molecule has 9 heteroatoms. The molecule has 34 heavy (non-hydrogen) atoms. The number of rotatable bonds is 4. The number of piperazine rings is 1. The Morgan fingerprint density at radius 2 is 1.76 bits per heavy atom. The number of carbonyl (C=O) groups is 1. The second-order valence-corrected chi connectivity index (χ2v) is 8.78. The highest BCUT2D eigenvalue weighted by Gasteiger charge is 2.24. The van der Waals surface area contributed by atoms with Gasteiger partial charge < -0.3 is 20.1 Å². The van der Waals surface area contributed by atoms with Crippen LogP contribution < -0.4 is 10.2 Å². The highest BCUT2D eigenvalue weighted by atomic mass is 35.5. The predicted molar refractivity (Wildman–Crippen MR) is 131 cm³/mol. The van der Waals surface area contributed by atoms with Crippen molar-refractivity contribution in [3.8, 4) is 11.3 Å². The molecule has 4 aromatic rings. The van der Waals surface area contributed by atoms with Gasteiger partial charge in [-0.3, -0.25) is 0 Å². The van der Waals surface area contributed by atoms with E-state index in [1.54, 1.807) is 12.1 Å². The second-order valence-electron chi connectivity index (χ2n) is 8.35. The summed E-state index contributed by atoms with van der Waals surface area (Å²) in [6.45, 7) is 4.44. The van der Waals surface area contributed by atoms with Crippen LogP contribution in [-0.4, -0.2) is 52.1 Å². The lowest BCUT2D eigenvalue weighted by Gasteiger charge is -2.36. The van der Waals surface area contributed by atoms with E-state index < -0.39 is 0 Å². The van der Waals surface area contributed by atoms with Gasteiger partial charge in [0.15, 0.2) is 0 Å². The van der Waals surface area contributed by atoms with Crippen LogP contribution in [0, 0.1) is 5.82 Å². The molecule has 7 nitrogen and oxygen atoms in total. The summed E-state index contributed by atoms with van der Waals surface area (Å²) >= 11 is 5.96. The smallest absolute Gasteiger partial charge is 0.317 e. The molecule has 2 N–H and O–H groups in total. The SMILES string of the molecule is C[C@H](NC(=O)N1CCN(c2ncnc3[nH]c(-c4ccc(F)cc4)cc23)CC1)c1ccc(Cl)cc1. The predicted octanol–water partition coefficient (Wildman–Crippen LogP) is 5.01. The average Bonchev–Trinajstić information content (AvgIpc) is 3.29. The maximum absolute atomic E-state index is 13.3. The molecule has 1 fully saturated rings. The third-order valence-corrected chi connectivity index (χ3v) is 6.39. The fourth-order valence-corrected chi connectivity index (χ4v) is 4.32. The van der Waals surface area contributed by atoms with E-state index in [2.05, 4.69) is 25.2 Å². The van der Waals surface area contributed by atoms with Gasteiger partial charge in [-0.2, -0.15) is 0 Å². The molecular formula is C25H24ClFN6O. The van der Waals surface area contributed by atoms with Crippen molar-refractivity contribution in [3.63, 3.8) is 0 Å². The Morgan fingerprint density at radius 3 is 2.47 bits per heavy atom. The minimum absolute atomic E-state index is 0.0878. The zero-order valence-electron chi connectivity index (χ0n) is 18.6. The third-order valence-electron chi connectivity index (χ3n) is 6.14. The minimum Gasteiger partial charge on any atom is -0.352 e. The molecule has 1 saturated heterocycles. The topological polar surface area (TPSA) is 77.2 Å². The molecule has 0 radical (unpaired) electrons. The lowest BCUT2D eigenvalue weighted by Crippen LogP contribution is -2.52. The number of halogens is 2. The molecule has 0 unspecified atom stereocenters. The average molecular weight is 479 g/mol. The van der Waals surface area contributed by atoms with E-state index in [9.17, 15) is 9.18 Å². The monoisotopic (exact) mass is 478 g/mol. The first kappa shape index (κ1) is 22.2. The van der Waals surface area contributed by atoms with Crippen LogP contribution in [0.2, 0.25) is 5.02 Å². The maximum atomic E-state index is 13.3. The van der Waals surface area contributed by atoms with Crippen LogP contribution in [0.1, 0.15) is 18.5 Å². The molecule has 3 heterocycles. The number of anilines is 1. The summed E-state index contributed by atoms with van der Waals surface area (Å²) in [4.78, 5) is 29.0. The van der Waals surface area contributed by atoms with Gasteiger partial charge in [0.05, 0.1) is 11.4 Å². The molecule has 2 aromatic heterocycles. The molecule has 0 spiro atoms. The number of urea groups is 1. The van der Waals surface area contributed by atoms with E-state index in [1.165, 1.54) is 18.5 Å². The van der Waals surface area contributed by atoms with Crippen molar-refractivity contribution < 1.29 is 9.18 Å². The number of aromatic amines is 1. The lowest BCUT2D eigenvalue weighted by molar-refractivity contribution is 0.191. The molecule has 1 aliphatic rings. The van der Waals surface area contributed by atoms with Gasteiger partial charge in [0.25, 0.3) is 0 Å². The number of benzene rings is 2. The van der Waals surface area contributed by atoms with Crippen LogP contribution >= 0.6 is 11.6 Å². The zero-order valence-corrected chi connectivity index (χ0v) is 19.4. The van der Waals surface area contributed by atoms with Crippen molar-refractivity contribution in [2.45, 2.75) is 13.0 Å². The minimum atomic E-state index is -0.273. The molecule has 1 aliphatic heterocycles. The first-order valence-corrected chi connectivity index (χ1v) is 11.5. The van der Waals surface area contributed by atoms with E-state index >= 15 is 0 Å². The summed E-state index contributed by atoms with van der Waals surface area (Å²) in [5.41, 5.74) is 3.46. The standard InChI is InChI=1S/C25H24ClFN6O/c1-16(17-2-6-19(26)7-3-17)30-25(34)33-12-10-32(11-13-33)24-21-14-22(31-23(21)28-15-29-24)18-4-8-20(27)9-5-18/h2-9,14-16H,10-13H2,1H3,(H,30,34)(H,28,29,31)/t16-/m0/s1. The van der Waals surface area contributed by atoms with Crippen LogP contribution in [0.25, 0.3) is 22.3 Å². The number of hydrogen-bond acceptors (Lipinski definition) is 4. The first-order valence-electron chi connectivity index (χ1n) is 11.1. The molecular weight excluding hydrogens is 455 g/mol. The fraction of sp³-hybridized carbons (Fsp3) is 0.240. The number of fused-ring (bicyclic) bond motifs is 1. The van der Waals surface area contributed by atoms with Crippen LogP contribution in [-0.2, 0) is 0 Å². The van der Waals surface area contributed by atoms with Crippen molar-refractivity contribution in [3.05, 3.63) is 77.3 Å². The van der Waals surface area contributed by atoms with Crippen molar-refractivity contribution >= 4 is 34.5 Å². The zero-order chi connectivity index (χ0) is 23.7. The first-order chi connectivity index (χ1) is 16.5. The van der Waals surface area contributed by atoms with Crippen LogP contribution in [0.5, 0.6) is 0 Å². The maximum Gasteiger partial charge on any atom is 0.317 e. The Balaban J connectivity index is 1.26. The van der Waals surface area contributed by atoms with Gasteiger partial charge in [0.2, 0.25) is 0 Å². The van der Waals surface area contributed by atoms with Crippen LogP contribution in [0.4, 0.5) is 15.0 Å².